The van der Waals surface area contributed by atoms with Gasteiger partial charge in [0.05, 0.1) is 11.6 Å². The van der Waals surface area contributed by atoms with Crippen LogP contribution in [0, 0.1) is 5.41 Å². The molecule has 0 aromatic heterocycles. The molecule has 1 amide bonds. The maximum absolute atomic E-state index is 12.8. The Morgan fingerprint density at radius 2 is 1.96 bits per heavy atom. The number of rotatable bonds is 6. The summed E-state index contributed by atoms with van der Waals surface area (Å²) in [6.45, 7) is 1.33. The zero-order valence-corrected chi connectivity index (χ0v) is 12.3. The highest BCUT2D eigenvalue weighted by Gasteiger charge is 2.57. The summed E-state index contributed by atoms with van der Waals surface area (Å²) < 4.78 is 43.6. The van der Waals surface area contributed by atoms with Crippen LogP contribution < -0.4 is 10.1 Å². The number of ether oxygens (including phenoxy) is 1. The smallest absolute Gasteiger partial charge is 0.419 e. The first-order valence-corrected chi connectivity index (χ1v) is 7.00. The van der Waals surface area contributed by atoms with Crippen LogP contribution in [0.25, 0.3) is 0 Å². The first-order valence-electron chi connectivity index (χ1n) is 7.00. The van der Waals surface area contributed by atoms with E-state index in [9.17, 15) is 22.8 Å². The van der Waals surface area contributed by atoms with Crippen molar-refractivity contribution in [1.82, 2.24) is 5.32 Å². The van der Waals surface area contributed by atoms with Crippen LogP contribution in [0.5, 0.6) is 5.75 Å². The molecule has 23 heavy (non-hydrogen) atoms. The van der Waals surface area contributed by atoms with Crippen molar-refractivity contribution in [2.45, 2.75) is 32.0 Å². The molecule has 0 heterocycles. The van der Waals surface area contributed by atoms with Crippen LogP contribution >= 0.6 is 0 Å². The zero-order chi connectivity index (χ0) is 17.3. The summed E-state index contributed by atoms with van der Waals surface area (Å²) in [6.07, 6.45) is -4.01. The molecule has 0 bridgehead atoms. The summed E-state index contributed by atoms with van der Waals surface area (Å²) in [4.78, 5) is 22.9. The highest BCUT2D eigenvalue weighted by atomic mass is 19.4. The van der Waals surface area contributed by atoms with Gasteiger partial charge in [-0.1, -0.05) is 12.1 Å². The van der Waals surface area contributed by atoms with Gasteiger partial charge >= 0.3 is 12.1 Å². The average molecular weight is 331 g/mol. The lowest BCUT2D eigenvalue weighted by Crippen LogP contribution is -2.44. The minimum absolute atomic E-state index is 0.200. The lowest BCUT2D eigenvalue weighted by molar-refractivity contribution is -0.149. The number of halogens is 3. The number of hydrogen-bond acceptors (Lipinski definition) is 3. The van der Waals surface area contributed by atoms with E-state index >= 15 is 0 Å². The Labute approximate surface area is 130 Å². The molecule has 1 saturated carbocycles. The molecule has 0 radical (unpaired) electrons. The number of benzene rings is 1. The predicted octanol–water partition coefficient (Wildman–Crippen LogP) is 2.45. The molecule has 1 unspecified atom stereocenters. The van der Waals surface area contributed by atoms with Gasteiger partial charge in [-0.25, -0.2) is 0 Å². The highest BCUT2D eigenvalue weighted by molar-refractivity contribution is 6.04. The molecule has 8 heteroatoms. The Bertz CT molecular complexity index is 611. The van der Waals surface area contributed by atoms with Crippen LogP contribution in [0.3, 0.4) is 0 Å². The number of carbonyl (C=O) groups excluding carboxylic acids is 1. The normalized spacial score (nSPS) is 17.2. The van der Waals surface area contributed by atoms with Crippen molar-refractivity contribution >= 4 is 11.9 Å². The van der Waals surface area contributed by atoms with Gasteiger partial charge in [-0.05, 0) is 31.9 Å². The van der Waals surface area contributed by atoms with E-state index < -0.39 is 35.1 Å². The number of carboxylic acids is 1. The molecule has 1 aromatic carbocycles. The molecular formula is C15H16F3NO4. The Kier molecular flexibility index (Phi) is 4.53. The first-order chi connectivity index (χ1) is 10.7. The van der Waals surface area contributed by atoms with Crippen molar-refractivity contribution in [3.8, 4) is 5.75 Å². The maximum Gasteiger partial charge on any atom is 0.419 e. The lowest BCUT2D eigenvalue weighted by Gasteiger charge is -2.19. The second-order valence-corrected chi connectivity index (χ2v) is 5.57. The summed E-state index contributed by atoms with van der Waals surface area (Å²) in [6, 6.07) is 4.14. The highest BCUT2D eigenvalue weighted by Crippen LogP contribution is 2.46. The Balaban J connectivity index is 1.94. The van der Waals surface area contributed by atoms with Crippen molar-refractivity contribution in [2.75, 3.05) is 6.61 Å². The van der Waals surface area contributed by atoms with E-state index in [1.54, 1.807) is 0 Å². The number of hydrogen-bond donors (Lipinski definition) is 2. The molecule has 1 atom stereocenters. The number of amides is 1. The summed E-state index contributed by atoms with van der Waals surface area (Å²) in [5, 5.41) is 11.5. The summed E-state index contributed by atoms with van der Waals surface area (Å²) in [5.74, 6) is -2.16. The lowest BCUT2D eigenvalue weighted by atomic mass is 10.1. The third-order valence-corrected chi connectivity index (χ3v) is 3.65. The number of aliphatic carboxylic acids is 1. The van der Waals surface area contributed by atoms with Gasteiger partial charge in [0.1, 0.15) is 17.8 Å². The Morgan fingerprint density at radius 3 is 2.48 bits per heavy atom. The van der Waals surface area contributed by atoms with E-state index in [2.05, 4.69) is 5.32 Å². The van der Waals surface area contributed by atoms with Crippen molar-refractivity contribution in [3.05, 3.63) is 29.8 Å². The third kappa shape index (κ3) is 3.75. The average Bonchev–Trinajstić information content (AvgIpc) is 3.26. The van der Waals surface area contributed by atoms with Gasteiger partial charge in [0.25, 0.3) is 0 Å². The summed E-state index contributed by atoms with van der Waals surface area (Å²) in [7, 11) is 0. The monoisotopic (exact) mass is 331 g/mol. The maximum atomic E-state index is 12.8. The third-order valence-electron chi connectivity index (χ3n) is 3.65. The summed E-state index contributed by atoms with van der Waals surface area (Å²) in [5.41, 5.74) is -2.29. The Morgan fingerprint density at radius 1 is 1.35 bits per heavy atom. The van der Waals surface area contributed by atoms with Gasteiger partial charge in [-0.2, -0.15) is 13.2 Å². The summed E-state index contributed by atoms with van der Waals surface area (Å²) >= 11 is 0. The molecule has 1 aromatic rings. The van der Waals surface area contributed by atoms with Crippen LogP contribution in [0.15, 0.2) is 24.3 Å². The first kappa shape index (κ1) is 17.1. The molecular weight excluding hydrogens is 315 g/mol. The van der Waals surface area contributed by atoms with Gasteiger partial charge in [-0.15, -0.1) is 0 Å². The number of alkyl halides is 3. The van der Waals surface area contributed by atoms with E-state index in [-0.39, 0.29) is 25.2 Å². The van der Waals surface area contributed by atoms with Gasteiger partial charge in [-0.3, -0.25) is 9.59 Å². The largest absolute Gasteiger partial charge is 0.491 e. The second-order valence-electron chi connectivity index (χ2n) is 5.57. The standard InChI is InChI=1S/C15H16F3NO4/c1-9(19-12(20)14(6-7-14)13(21)22)8-23-11-5-3-2-4-10(11)15(16,17)18/h2-5,9H,6-8H2,1H3,(H,19,20)(H,21,22). The SMILES string of the molecule is CC(COc1ccccc1C(F)(F)F)NC(=O)C1(C(=O)O)CC1. The van der Waals surface area contributed by atoms with Gasteiger partial charge in [0.2, 0.25) is 5.91 Å². The quantitative estimate of drug-likeness (QED) is 0.785. The van der Waals surface area contributed by atoms with E-state index in [0.717, 1.165) is 6.07 Å². The van der Waals surface area contributed by atoms with Crippen molar-refractivity contribution in [1.29, 1.82) is 0 Å². The zero-order valence-electron chi connectivity index (χ0n) is 12.3. The van der Waals surface area contributed by atoms with E-state index in [4.69, 9.17) is 9.84 Å². The fraction of sp³-hybridized carbons (Fsp3) is 0.467. The molecule has 1 aliphatic rings. The van der Waals surface area contributed by atoms with E-state index in [1.807, 2.05) is 0 Å². The van der Waals surface area contributed by atoms with Gasteiger partial charge in [0.15, 0.2) is 0 Å². The van der Waals surface area contributed by atoms with Crippen LogP contribution in [-0.2, 0) is 15.8 Å². The Hall–Kier alpha value is -2.25. The molecule has 126 valence electrons. The molecule has 1 fully saturated rings. The van der Waals surface area contributed by atoms with Gasteiger partial charge < -0.3 is 15.2 Å². The number of nitrogens with one attached hydrogen (secondary N) is 1. The van der Waals surface area contributed by atoms with Crippen LogP contribution in [-0.4, -0.2) is 29.6 Å². The van der Waals surface area contributed by atoms with Crippen LogP contribution in [0.1, 0.15) is 25.3 Å². The van der Waals surface area contributed by atoms with Crippen molar-refractivity contribution in [2.24, 2.45) is 5.41 Å². The minimum Gasteiger partial charge on any atom is -0.491 e. The topological polar surface area (TPSA) is 75.6 Å². The fourth-order valence-electron chi connectivity index (χ4n) is 2.11. The molecule has 1 aliphatic carbocycles. The molecule has 0 aliphatic heterocycles. The molecule has 2 N–H and O–H groups in total. The minimum atomic E-state index is -4.54. The van der Waals surface area contributed by atoms with E-state index in [1.165, 1.54) is 25.1 Å². The van der Waals surface area contributed by atoms with Crippen LogP contribution in [0.2, 0.25) is 0 Å². The number of para-hydroxylation sites is 1. The van der Waals surface area contributed by atoms with Crippen molar-refractivity contribution < 1.29 is 32.6 Å². The number of carbonyl (C=O) groups is 2. The molecule has 0 saturated heterocycles. The van der Waals surface area contributed by atoms with Gasteiger partial charge in [0, 0.05) is 0 Å². The second kappa shape index (κ2) is 6.10. The molecule has 2 rings (SSSR count). The van der Waals surface area contributed by atoms with Crippen molar-refractivity contribution in [3.63, 3.8) is 0 Å². The van der Waals surface area contributed by atoms with E-state index in [0.29, 0.717) is 0 Å². The number of carboxylic acid groups (broad SMARTS) is 1. The predicted molar refractivity (Wildman–Crippen MR) is 73.8 cm³/mol. The fourth-order valence-corrected chi connectivity index (χ4v) is 2.11. The molecule has 5 nitrogen and oxygen atoms in total. The van der Waals surface area contributed by atoms with Crippen LogP contribution in [0.4, 0.5) is 13.2 Å². The molecule has 0 spiro atoms.